The fourth-order valence-electron chi connectivity index (χ4n) is 6.81. The zero-order valence-corrected chi connectivity index (χ0v) is 41.0. The maximum absolute atomic E-state index is 12.8. The van der Waals surface area contributed by atoms with Gasteiger partial charge in [0.25, 0.3) is 7.82 Å². The number of hydrogen-bond donors (Lipinski definition) is 2. The molecule has 1 amide bonds. The molecule has 8 nitrogen and oxygen atoms in total. The highest BCUT2D eigenvalue weighted by Crippen LogP contribution is 2.38. The summed E-state index contributed by atoms with van der Waals surface area (Å²) >= 11 is 0. The molecule has 61 heavy (non-hydrogen) atoms. The van der Waals surface area contributed by atoms with E-state index in [0.29, 0.717) is 23.9 Å². The Bertz CT molecular complexity index is 1220. The van der Waals surface area contributed by atoms with Crippen molar-refractivity contribution in [2.45, 2.75) is 212 Å². The number of aliphatic hydroxyl groups is 1. The molecule has 2 N–H and O–H groups in total. The SMILES string of the molecule is CC/C=C\C/C=C\C/C=C\C/C=C\C/C=C\C/C=C\CCCCCCCCCCCCCCCCC(=O)NC(COP(=O)([O-])OCC[N+](C)(C)C)C(O)CCCCCCCC. The molecule has 0 bridgehead atoms. The Hall–Kier alpha value is -2.06. The van der Waals surface area contributed by atoms with Crippen molar-refractivity contribution in [3.05, 3.63) is 72.9 Å². The van der Waals surface area contributed by atoms with Gasteiger partial charge in [0.05, 0.1) is 39.9 Å². The highest BCUT2D eigenvalue weighted by atomic mass is 31.2. The molecule has 0 saturated heterocycles. The molecular formula is C52H95N2O6P. The van der Waals surface area contributed by atoms with Crippen LogP contribution in [0, 0.1) is 0 Å². The summed E-state index contributed by atoms with van der Waals surface area (Å²) in [4.78, 5) is 25.2. The molecule has 0 aromatic rings. The van der Waals surface area contributed by atoms with E-state index in [1.54, 1.807) is 0 Å². The number of unbranched alkanes of at least 4 members (excludes halogenated alkanes) is 19. The summed E-state index contributed by atoms with van der Waals surface area (Å²) in [6.07, 6.45) is 58.2. The lowest BCUT2D eigenvalue weighted by molar-refractivity contribution is -0.870. The lowest BCUT2D eigenvalue weighted by Crippen LogP contribution is -2.46. The smallest absolute Gasteiger partial charge is 0.268 e. The number of likely N-dealkylation sites (N-methyl/N-ethyl adjacent to an activating group) is 1. The summed E-state index contributed by atoms with van der Waals surface area (Å²) in [5.74, 6) is -0.174. The van der Waals surface area contributed by atoms with E-state index >= 15 is 0 Å². The maximum Gasteiger partial charge on any atom is 0.268 e. The number of phosphoric acid groups is 1. The molecule has 0 aliphatic carbocycles. The maximum atomic E-state index is 12.8. The van der Waals surface area contributed by atoms with Crippen molar-refractivity contribution in [1.82, 2.24) is 5.32 Å². The minimum Gasteiger partial charge on any atom is -0.756 e. The predicted octanol–water partition coefficient (Wildman–Crippen LogP) is 13.7. The third-order valence-corrected chi connectivity index (χ3v) is 11.7. The fourth-order valence-corrected chi connectivity index (χ4v) is 7.53. The number of amides is 1. The van der Waals surface area contributed by atoms with Gasteiger partial charge in [-0.1, -0.05) is 202 Å². The largest absolute Gasteiger partial charge is 0.756 e. The Kier molecular flexibility index (Phi) is 41.7. The van der Waals surface area contributed by atoms with Crippen LogP contribution in [0.1, 0.15) is 200 Å². The van der Waals surface area contributed by atoms with Crippen LogP contribution in [0.5, 0.6) is 0 Å². The van der Waals surface area contributed by atoms with Gasteiger partial charge < -0.3 is 28.8 Å². The molecule has 3 unspecified atom stereocenters. The first kappa shape index (κ1) is 58.9. The summed E-state index contributed by atoms with van der Waals surface area (Å²) in [7, 11) is 1.29. The van der Waals surface area contributed by atoms with Crippen molar-refractivity contribution in [3.8, 4) is 0 Å². The molecule has 0 rings (SSSR count). The molecule has 0 aliphatic heterocycles. The first-order valence-electron chi connectivity index (χ1n) is 24.8. The second kappa shape index (κ2) is 43.2. The molecule has 0 radical (unpaired) electrons. The van der Waals surface area contributed by atoms with Gasteiger partial charge in [-0.2, -0.15) is 0 Å². The van der Waals surface area contributed by atoms with Crippen molar-refractivity contribution in [1.29, 1.82) is 0 Å². The highest BCUT2D eigenvalue weighted by molar-refractivity contribution is 7.45. The van der Waals surface area contributed by atoms with Crippen molar-refractivity contribution >= 4 is 13.7 Å². The van der Waals surface area contributed by atoms with Crippen LogP contribution in [0.15, 0.2) is 72.9 Å². The number of carbonyl (C=O) groups is 1. The molecule has 354 valence electrons. The number of carbonyl (C=O) groups excluding carboxylic acids is 1. The van der Waals surface area contributed by atoms with E-state index < -0.39 is 20.0 Å². The first-order chi connectivity index (χ1) is 29.5. The molecule has 0 aromatic carbocycles. The number of hydrogen-bond acceptors (Lipinski definition) is 6. The van der Waals surface area contributed by atoms with E-state index in [2.05, 4.69) is 92.1 Å². The number of rotatable bonds is 44. The molecule has 0 aromatic heterocycles. The van der Waals surface area contributed by atoms with Gasteiger partial charge in [0.15, 0.2) is 0 Å². The van der Waals surface area contributed by atoms with Crippen LogP contribution in [-0.4, -0.2) is 68.5 Å². The van der Waals surface area contributed by atoms with Crippen LogP contribution in [0.3, 0.4) is 0 Å². The minimum absolute atomic E-state index is 0.00928. The first-order valence-corrected chi connectivity index (χ1v) is 26.2. The highest BCUT2D eigenvalue weighted by Gasteiger charge is 2.24. The van der Waals surface area contributed by atoms with E-state index in [-0.39, 0.29) is 19.1 Å². The second-order valence-corrected chi connectivity index (χ2v) is 19.2. The number of aliphatic hydroxyl groups excluding tert-OH is 1. The monoisotopic (exact) mass is 875 g/mol. The van der Waals surface area contributed by atoms with Crippen LogP contribution >= 0.6 is 7.82 Å². The summed E-state index contributed by atoms with van der Waals surface area (Å²) in [5.41, 5.74) is 0. The van der Waals surface area contributed by atoms with Crippen LogP contribution in [-0.2, 0) is 18.4 Å². The van der Waals surface area contributed by atoms with Crippen molar-refractivity contribution < 1.29 is 32.9 Å². The van der Waals surface area contributed by atoms with Gasteiger partial charge in [-0.05, 0) is 64.2 Å². The number of quaternary nitrogens is 1. The van der Waals surface area contributed by atoms with Crippen LogP contribution in [0.2, 0.25) is 0 Å². The average Bonchev–Trinajstić information content (AvgIpc) is 3.21. The summed E-state index contributed by atoms with van der Waals surface area (Å²) < 4.78 is 23.1. The second-order valence-electron chi connectivity index (χ2n) is 17.8. The molecule has 9 heteroatoms. The van der Waals surface area contributed by atoms with Gasteiger partial charge in [0.1, 0.15) is 13.2 Å². The Labute approximate surface area is 376 Å². The van der Waals surface area contributed by atoms with Crippen LogP contribution < -0.4 is 10.2 Å². The Morgan fingerprint density at radius 3 is 1.46 bits per heavy atom. The van der Waals surface area contributed by atoms with Crippen LogP contribution in [0.4, 0.5) is 0 Å². The van der Waals surface area contributed by atoms with Gasteiger partial charge in [-0.15, -0.1) is 0 Å². The lowest BCUT2D eigenvalue weighted by Gasteiger charge is -2.30. The molecule has 0 aliphatic rings. The standard InChI is InChI=1S/C52H95N2O6P/c1-6-8-10-12-14-15-16-17-18-19-20-21-22-23-24-25-26-27-28-29-30-31-32-33-34-35-36-37-38-39-40-42-44-46-52(56)53-50(51(55)45-43-41-13-11-9-7-2)49-60-61(57,58)59-48-47-54(3,4)5/h8,10,14-15,17-18,20-21,23-24,26-27,50-51,55H,6-7,9,11-13,16,19,22,25,28-49H2,1-5H3,(H-,53,56,57,58)/b10-8-,15-14-,18-17-,21-20-,24-23-,27-26-. The molecular weight excluding hydrogens is 780 g/mol. The third-order valence-electron chi connectivity index (χ3n) is 10.7. The third kappa shape index (κ3) is 45.8. The van der Waals surface area contributed by atoms with Gasteiger partial charge >= 0.3 is 0 Å². The van der Waals surface area contributed by atoms with Crippen molar-refractivity contribution in [3.63, 3.8) is 0 Å². The van der Waals surface area contributed by atoms with E-state index in [4.69, 9.17) is 9.05 Å². The average molecular weight is 875 g/mol. The molecule has 0 fully saturated rings. The fraction of sp³-hybridized carbons (Fsp3) is 0.750. The Morgan fingerprint density at radius 1 is 0.590 bits per heavy atom. The topological polar surface area (TPSA) is 108 Å². The van der Waals surface area contributed by atoms with E-state index in [1.807, 2.05) is 21.1 Å². The Morgan fingerprint density at radius 2 is 1.00 bits per heavy atom. The van der Waals surface area contributed by atoms with Crippen molar-refractivity contribution in [2.75, 3.05) is 40.9 Å². The summed E-state index contributed by atoms with van der Waals surface area (Å²) in [5, 5.41) is 13.8. The summed E-state index contributed by atoms with van der Waals surface area (Å²) in [6.45, 7) is 4.52. The van der Waals surface area contributed by atoms with Crippen molar-refractivity contribution in [2.24, 2.45) is 0 Å². The molecule has 0 saturated carbocycles. The van der Waals surface area contributed by atoms with Gasteiger partial charge in [0, 0.05) is 6.42 Å². The molecule has 0 heterocycles. The molecule has 0 spiro atoms. The molecule has 3 atom stereocenters. The lowest BCUT2D eigenvalue weighted by atomic mass is 10.0. The van der Waals surface area contributed by atoms with Gasteiger partial charge in [-0.25, -0.2) is 0 Å². The van der Waals surface area contributed by atoms with Gasteiger partial charge in [0.2, 0.25) is 5.91 Å². The number of nitrogens with zero attached hydrogens (tertiary/aromatic N) is 1. The summed E-state index contributed by atoms with van der Waals surface area (Å²) in [6, 6.07) is -0.800. The van der Waals surface area contributed by atoms with Crippen LogP contribution in [0.25, 0.3) is 0 Å². The zero-order valence-electron chi connectivity index (χ0n) is 40.1. The normalized spacial score (nSPS) is 14.8. The van der Waals surface area contributed by atoms with E-state index in [9.17, 15) is 19.4 Å². The number of allylic oxidation sites excluding steroid dienone is 12. The van der Waals surface area contributed by atoms with E-state index in [1.165, 1.54) is 96.3 Å². The zero-order chi connectivity index (χ0) is 45.0. The van der Waals surface area contributed by atoms with Gasteiger partial charge in [-0.3, -0.25) is 9.36 Å². The number of phosphoric ester groups is 1. The predicted molar refractivity (Wildman–Crippen MR) is 260 cm³/mol. The Balaban J connectivity index is 3.92. The van der Waals surface area contributed by atoms with E-state index in [0.717, 1.165) is 77.0 Å². The number of nitrogens with one attached hydrogen (secondary N) is 1. The minimum atomic E-state index is -4.55. The quantitative estimate of drug-likeness (QED) is 0.0273.